The predicted molar refractivity (Wildman–Crippen MR) is 92.5 cm³/mol. The summed E-state index contributed by atoms with van der Waals surface area (Å²) in [7, 11) is 3.55. The normalized spacial score (nSPS) is 10.7. The summed E-state index contributed by atoms with van der Waals surface area (Å²) in [5.74, 6) is 1.35. The van der Waals surface area contributed by atoms with Gasteiger partial charge in [-0.3, -0.25) is 4.79 Å². The number of H-pyrrole nitrogens is 1. The Labute approximate surface area is 138 Å². The molecule has 23 heavy (non-hydrogen) atoms. The second-order valence-electron chi connectivity index (χ2n) is 5.20. The average molecular weight is 330 g/mol. The summed E-state index contributed by atoms with van der Waals surface area (Å²) in [5.41, 5.74) is 1.36. The Kier molecular flexibility index (Phi) is 4.21. The minimum atomic E-state index is -0.194. The van der Waals surface area contributed by atoms with Crippen molar-refractivity contribution in [2.75, 3.05) is 19.1 Å². The van der Waals surface area contributed by atoms with Crippen LogP contribution < -0.4 is 15.2 Å². The van der Waals surface area contributed by atoms with Crippen molar-refractivity contribution < 1.29 is 4.74 Å². The third-order valence-corrected chi connectivity index (χ3v) is 3.83. The number of benzene rings is 2. The third kappa shape index (κ3) is 3.14. The molecule has 1 N–H and O–H groups in total. The van der Waals surface area contributed by atoms with E-state index < -0.39 is 0 Å². The summed E-state index contributed by atoms with van der Waals surface area (Å²) < 4.78 is 5.36. The van der Waals surface area contributed by atoms with E-state index in [-0.39, 0.29) is 5.56 Å². The first-order valence-electron chi connectivity index (χ1n) is 7.11. The molecule has 5 nitrogen and oxygen atoms in total. The highest BCUT2D eigenvalue weighted by atomic mass is 35.5. The lowest BCUT2D eigenvalue weighted by Gasteiger charge is -2.21. The van der Waals surface area contributed by atoms with Gasteiger partial charge in [0.25, 0.3) is 5.56 Å². The Morgan fingerprint density at radius 1 is 1.26 bits per heavy atom. The van der Waals surface area contributed by atoms with Crippen molar-refractivity contribution in [2.45, 2.75) is 6.54 Å². The topological polar surface area (TPSA) is 58.2 Å². The van der Waals surface area contributed by atoms with E-state index in [1.165, 1.54) is 0 Å². The standard InChI is InChI=1S/C17H16ClN3O2/c1-21(14-5-3-4-6-15(14)23-2)10-16-19-13-8-7-11(18)9-12(13)17(22)20-16/h3-9H,10H2,1-2H3,(H,19,20,22). The molecule has 0 amide bonds. The van der Waals surface area contributed by atoms with Gasteiger partial charge in [0, 0.05) is 12.1 Å². The molecule has 0 fully saturated rings. The van der Waals surface area contributed by atoms with Crippen LogP contribution in [0.3, 0.4) is 0 Å². The third-order valence-electron chi connectivity index (χ3n) is 3.60. The van der Waals surface area contributed by atoms with Crippen LogP contribution >= 0.6 is 11.6 Å². The van der Waals surface area contributed by atoms with Gasteiger partial charge in [0.1, 0.15) is 11.6 Å². The maximum absolute atomic E-state index is 12.2. The van der Waals surface area contributed by atoms with Crippen LogP contribution in [0.25, 0.3) is 10.9 Å². The van der Waals surface area contributed by atoms with Crippen LogP contribution in [0, 0.1) is 0 Å². The van der Waals surface area contributed by atoms with Gasteiger partial charge in [-0.05, 0) is 30.3 Å². The zero-order valence-corrected chi connectivity index (χ0v) is 13.6. The minimum Gasteiger partial charge on any atom is -0.495 e. The number of hydrogen-bond donors (Lipinski definition) is 1. The van der Waals surface area contributed by atoms with Crippen LogP contribution in [-0.4, -0.2) is 24.1 Å². The average Bonchev–Trinajstić information content (AvgIpc) is 2.55. The van der Waals surface area contributed by atoms with Crippen LogP contribution in [0.5, 0.6) is 5.75 Å². The summed E-state index contributed by atoms with van der Waals surface area (Å²) in [5, 5.41) is 1.00. The maximum atomic E-state index is 12.2. The van der Waals surface area contributed by atoms with Crippen LogP contribution in [-0.2, 0) is 6.54 Å². The van der Waals surface area contributed by atoms with Crippen LogP contribution in [0.2, 0.25) is 5.02 Å². The lowest BCUT2D eigenvalue weighted by Crippen LogP contribution is -2.22. The van der Waals surface area contributed by atoms with Crippen molar-refractivity contribution in [3.63, 3.8) is 0 Å². The van der Waals surface area contributed by atoms with Gasteiger partial charge in [-0.15, -0.1) is 0 Å². The molecule has 2 aromatic carbocycles. The molecular formula is C17H16ClN3O2. The molecule has 0 saturated heterocycles. The molecule has 0 aliphatic carbocycles. The van der Waals surface area contributed by atoms with Crippen molar-refractivity contribution in [2.24, 2.45) is 0 Å². The molecule has 118 valence electrons. The predicted octanol–water partition coefficient (Wildman–Crippen LogP) is 3.22. The van der Waals surface area contributed by atoms with Gasteiger partial charge in [0.05, 0.1) is 30.2 Å². The minimum absolute atomic E-state index is 0.194. The number of aromatic amines is 1. The number of hydrogen-bond acceptors (Lipinski definition) is 4. The van der Waals surface area contributed by atoms with Crippen molar-refractivity contribution in [1.29, 1.82) is 0 Å². The molecule has 0 atom stereocenters. The second kappa shape index (κ2) is 6.30. The highest BCUT2D eigenvalue weighted by Gasteiger charge is 2.11. The fourth-order valence-corrected chi connectivity index (χ4v) is 2.66. The number of anilines is 1. The fraction of sp³-hybridized carbons (Fsp3) is 0.176. The smallest absolute Gasteiger partial charge is 0.258 e. The molecule has 0 saturated carbocycles. The van der Waals surface area contributed by atoms with Crippen molar-refractivity contribution >= 4 is 28.2 Å². The van der Waals surface area contributed by atoms with Crippen molar-refractivity contribution in [1.82, 2.24) is 9.97 Å². The molecule has 0 aliphatic rings. The number of ether oxygens (including phenoxy) is 1. The van der Waals surface area contributed by atoms with E-state index in [9.17, 15) is 4.79 Å². The molecule has 0 bridgehead atoms. The van der Waals surface area contributed by atoms with Crippen molar-refractivity contribution in [3.8, 4) is 5.75 Å². The number of halogens is 1. The Morgan fingerprint density at radius 2 is 2.04 bits per heavy atom. The monoisotopic (exact) mass is 329 g/mol. The Hall–Kier alpha value is -2.53. The van der Waals surface area contributed by atoms with Gasteiger partial charge in [0.2, 0.25) is 0 Å². The number of rotatable bonds is 4. The van der Waals surface area contributed by atoms with Crippen LogP contribution in [0.1, 0.15) is 5.82 Å². The number of aromatic nitrogens is 2. The number of nitrogens with zero attached hydrogens (tertiary/aromatic N) is 2. The Morgan fingerprint density at radius 3 is 2.83 bits per heavy atom. The summed E-state index contributed by atoms with van der Waals surface area (Å²) in [4.78, 5) is 21.5. The van der Waals surface area contributed by atoms with Gasteiger partial charge in [-0.25, -0.2) is 4.98 Å². The number of methoxy groups -OCH3 is 1. The largest absolute Gasteiger partial charge is 0.495 e. The maximum Gasteiger partial charge on any atom is 0.258 e. The number of para-hydroxylation sites is 2. The van der Waals surface area contributed by atoms with Gasteiger partial charge in [-0.2, -0.15) is 0 Å². The van der Waals surface area contributed by atoms with Crippen LogP contribution in [0.4, 0.5) is 5.69 Å². The summed E-state index contributed by atoms with van der Waals surface area (Å²) in [6.45, 7) is 0.453. The molecule has 3 rings (SSSR count). The molecule has 6 heteroatoms. The molecule has 1 aromatic heterocycles. The molecule has 0 aliphatic heterocycles. The highest BCUT2D eigenvalue weighted by molar-refractivity contribution is 6.31. The van der Waals surface area contributed by atoms with E-state index >= 15 is 0 Å². The zero-order valence-electron chi connectivity index (χ0n) is 12.8. The number of fused-ring (bicyclic) bond motifs is 1. The Balaban J connectivity index is 1.95. The van der Waals surface area contributed by atoms with E-state index in [0.717, 1.165) is 11.4 Å². The number of nitrogens with one attached hydrogen (secondary N) is 1. The summed E-state index contributed by atoms with van der Waals surface area (Å²) >= 11 is 5.93. The van der Waals surface area contributed by atoms with Gasteiger partial charge < -0.3 is 14.6 Å². The van der Waals surface area contributed by atoms with Gasteiger partial charge in [-0.1, -0.05) is 23.7 Å². The van der Waals surface area contributed by atoms with E-state index in [4.69, 9.17) is 16.3 Å². The summed E-state index contributed by atoms with van der Waals surface area (Å²) in [6, 6.07) is 12.8. The summed E-state index contributed by atoms with van der Waals surface area (Å²) in [6.07, 6.45) is 0. The van der Waals surface area contributed by atoms with E-state index in [2.05, 4.69) is 9.97 Å². The molecule has 1 heterocycles. The Bertz CT molecular complexity index is 908. The van der Waals surface area contributed by atoms with Gasteiger partial charge in [0.15, 0.2) is 0 Å². The molecule has 0 radical (unpaired) electrons. The molecule has 0 spiro atoms. The van der Waals surface area contributed by atoms with E-state index in [1.807, 2.05) is 36.2 Å². The van der Waals surface area contributed by atoms with Crippen molar-refractivity contribution in [3.05, 3.63) is 63.7 Å². The van der Waals surface area contributed by atoms with E-state index in [0.29, 0.717) is 28.3 Å². The quantitative estimate of drug-likeness (QED) is 0.798. The second-order valence-corrected chi connectivity index (χ2v) is 5.64. The first kappa shape index (κ1) is 15.4. The van der Waals surface area contributed by atoms with Crippen LogP contribution in [0.15, 0.2) is 47.3 Å². The first-order valence-corrected chi connectivity index (χ1v) is 7.49. The fourth-order valence-electron chi connectivity index (χ4n) is 2.49. The van der Waals surface area contributed by atoms with E-state index in [1.54, 1.807) is 25.3 Å². The van der Waals surface area contributed by atoms with Gasteiger partial charge >= 0.3 is 0 Å². The highest BCUT2D eigenvalue weighted by Crippen LogP contribution is 2.27. The first-order chi connectivity index (χ1) is 11.1. The lowest BCUT2D eigenvalue weighted by molar-refractivity contribution is 0.414. The zero-order chi connectivity index (χ0) is 16.4. The molecular weight excluding hydrogens is 314 g/mol. The molecule has 0 unspecified atom stereocenters. The molecule has 3 aromatic rings. The lowest BCUT2D eigenvalue weighted by atomic mass is 10.2. The SMILES string of the molecule is COc1ccccc1N(C)Cc1nc2ccc(Cl)cc2c(=O)[nH]1.